The number of hydrogen-bond acceptors (Lipinski definition) is 8. The highest BCUT2D eigenvalue weighted by Gasteiger charge is 2.67. The van der Waals surface area contributed by atoms with Crippen molar-refractivity contribution in [3.63, 3.8) is 0 Å². The Bertz CT molecular complexity index is 999. The molecular weight excluding hydrogens is 428 g/mol. The lowest BCUT2D eigenvalue weighted by molar-refractivity contribution is -0.329. The maximum absolute atomic E-state index is 10.7. The summed E-state index contributed by atoms with van der Waals surface area (Å²) in [6.07, 6.45) is -4.15. The van der Waals surface area contributed by atoms with Gasteiger partial charge in [0.15, 0.2) is 11.5 Å². The lowest BCUT2D eigenvalue weighted by atomic mass is 9.83. The van der Waals surface area contributed by atoms with E-state index in [1.54, 1.807) is 18.2 Å². The molecule has 5 rings (SSSR count). The third-order valence-electron chi connectivity index (χ3n) is 6.18. The normalized spacial score (nSPS) is 34.0. The van der Waals surface area contributed by atoms with Crippen molar-refractivity contribution in [2.24, 2.45) is 0 Å². The average molecular weight is 451 g/mol. The Labute approximate surface area is 183 Å². The standard InChI is InChI=1S/C22H23ClO8/c23-15-3-2-14(22-20(27)18(25)19(26)21(10-24,31-22)11-30-22)9-13(15)7-12-1-4-16-17(8-12)29-6-5-28-16/h1-4,8-9,18-20,24-27H,5-7,10-11H2/t18?,19-,20+,21-,22-/m0/s1. The first-order valence-corrected chi connectivity index (χ1v) is 10.4. The highest BCUT2D eigenvalue weighted by molar-refractivity contribution is 6.31. The summed E-state index contributed by atoms with van der Waals surface area (Å²) in [5, 5.41) is 41.7. The molecule has 2 fully saturated rings. The summed E-state index contributed by atoms with van der Waals surface area (Å²) < 4.78 is 22.9. The van der Waals surface area contributed by atoms with Crippen LogP contribution in [0.4, 0.5) is 0 Å². The van der Waals surface area contributed by atoms with Crippen molar-refractivity contribution in [2.75, 3.05) is 26.4 Å². The third-order valence-corrected chi connectivity index (χ3v) is 6.55. The summed E-state index contributed by atoms with van der Waals surface area (Å²) in [7, 11) is 0. The molecule has 0 saturated carbocycles. The molecule has 4 N–H and O–H groups in total. The smallest absolute Gasteiger partial charge is 0.225 e. The molecule has 0 aromatic heterocycles. The number of hydrogen-bond donors (Lipinski definition) is 4. The van der Waals surface area contributed by atoms with Crippen LogP contribution in [-0.4, -0.2) is 70.8 Å². The van der Waals surface area contributed by atoms with Gasteiger partial charge in [-0.3, -0.25) is 0 Å². The molecule has 2 aromatic rings. The fourth-order valence-corrected chi connectivity index (χ4v) is 4.60. The average Bonchev–Trinajstić information content (AvgIpc) is 3.18. The van der Waals surface area contributed by atoms with E-state index in [0.29, 0.717) is 41.7 Å². The van der Waals surface area contributed by atoms with Crippen LogP contribution in [0.2, 0.25) is 5.02 Å². The van der Waals surface area contributed by atoms with E-state index in [9.17, 15) is 20.4 Å². The predicted molar refractivity (Wildman–Crippen MR) is 108 cm³/mol. The number of rotatable bonds is 4. The number of ether oxygens (including phenoxy) is 4. The molecule has 0 radical (unpaired) electrons. The van der Waals surface area contributed by atoms with Gasteiger partial charge < -0.3 is 39.4 Å². The van der Waals surface area contributed by atoms with Crippen LogP contribution in [0.5, 0.6) is 11.5 Å². The summed E-state index contributed by atoms with van der Waals surface area (Å²) in [5.74, 6) is -0.364. The lowest BCUT2D eigenvalue weighted by Gasteiger charge is -2.46. The SMILES string of the molecule is OC[C@@]12CO[C@@](c3ccc(Cl)c(Cc4ccc5c(c4)OCCO5)c3)(O1)[C@H](O)C(O)[C@@H]2O. The van der Waals surface area contributed by atoms with Crippen LogP contribution >= 0.6 is 11.6 Å². The fraction of sp³-hybridized carbons (Fsp3) is 0.455. The van der Waals surface area contributed by atoms with E-state index in [0.717, 1.165) is 11.1 Å². The summed E-state index contributed by atoms with van der Waals surface area (Å²) in [6.45, 7) is 0.249. The van der Waals surface area contributed by atoms with Crippen molar-refractivity contribution in [1.29, 1.82) is 0 Å². The molecule has 3 aliphatic rings. The number of aliphatic hydroxyl groups excluding tert-OH is 4. The van der Waals surface area contributed by atoms with Gasteiger partial charge in [0, 0.05) is 10.6 Å². The zero-order valence-corrected chi connectivity index (χ0v) is 17.3. The highest BCUT2D eigenvalue weighted by Crippen LogP contribution is 2.49. The minimum absolute atomic E-state index is 0.182. The van der Waals surface area contributed by atoms with Crippen LogP contribution < -0.4 is 9.47 Å². The molecule has 2 bridgehead atoms. The van der Waals surface area contributed by atoms with Crippen LogP contribution in [0, 0.1) is 0 Å². The predicted octanol–water partition coefficient (Wildman–Crippen LogP) is 0.729. The van der Waals surface area contributed by atoms with E-state index < -0.39 is 36.3 Å². The van der Waals surface area contributed by atoms with Gasteiger partial charge in [0.25, 0.3) is 0 Å². The minimum Gasteiger partial charge on any atom is -0.486 e. The molecule has 166 valence electrons. The molecule has 9 heteroatoms. The second-order valence-electron chi connectivity index (χ2n) is 8.12. The summed E-state index contributed by atoms with van der Waals surface area (Å²) in [5.41, 5.74) is 0.595. The van der Waals surface area contributed by atoms with Crippen LogP contribution in [0.3, 0.4) is 0 Å². The number of benzene rings is 2. The largest absolute Gasteiger partial charge is 0.486 e. The van der Waals surface area contributed by atoms with Gasteiger partial charge in [0.05, 0.1) is 13.2 Å². The zero-order chi connectivity index (χ0) is 21.8. The van der Waals surface area contributed by atoms with Crippen LogP contribution in [0.15, 0.2) is 36.4 Å². The molecular formula is C22H23ClO8. The quantitative estimate of drug-likeness (QED) is 0.538. The second kappa shape index (κ2) is 7.60. The maximum Gasteiger partial charge on any atom is 0.225 e. The van der Waals surface area contributed by atoms with Crippen molar-refractivity contribution in [1.82, 2.24) is 0 Å². The van der Waals surface area contributed by atoms with Crippen molar-refractivity contribution in [3.8, 4) is 11.5 Å². The van der Waals surface area contributed by atoms with Gasteiger partial charge in [0.1, 0.15) is 37.1 Å². The van der Waals surface area contributed by atoms with Gasteiger partial charge in [-0.25, -0.2) is 0 Å². The molecule has 31 heavy (non-hydrogen) atoms. The summed E-state index contributed by atoms with van der Waals surface area (Å²) in [6, 6.07) is 10.7. The van der Waals surface area contributed by atoms with E-state index in [1.165, 1.54) is 0 Å². The lowest BCUT2D eigenvalue weighted by Crippen LogP contribution is -2.65. The van der Waals surface area contributed by atoms with Crippen LogP contribution in [0.1, 0.15) is 16.7 Å². The van der Waals surface area contributed by atoms with E-state index in [-0.39, 0.29) is 6.61 Å². The molecule has 2 saturated heterocycles. The van der Waals surface area contributed by atoms with Crippen molar-refractivity contribution in [2.45, 2.75) is 36.1 Å². The van der Waals surface area contributed by atoms with Gasteiger partial charge in [-0.2, -0.15) is 0 Å². The van der Waals surface area contributed by atoms with Crippen LogP contribution in [-0.2, 0) is 21.7 Å². The van der Waals surface area contributed by atoms with E-state index >= 15 is 0 Å². The van der Waals surface area contributed by atoms with Gasteiger partial charge >= 0.3 is 0 Å². The first kappa shape index (κ1) is 21.0. The topological polar surface area (TPSA) is 118 Å². The molecule has 0 aliphatic carbocycles. The second-order valence-corrected chi connectivity index (χ2v) is 8.53. The molecule has 1 unspecified atom stereocenters. The molecule has 5 atom stereocenters. The Morgan fingerprint density at radius 1 is 0.968 bits per heavy atom. The number of fused-ring (bicyclic) bond motifs is 3. The van der Waals surface area contributed by atoms with Crippen molar-refractivity contribution in [3.05, 3.63) is 58.1 Å². The first-order valence-electron chi connectivity index (χ1n) is 10.1. The van der Waals surface area contributed by atoms with Crippen molar-refractivity contribution >= 4 is 11.6 Å². The van der Waals surface area contributed by atoms with Gasteiger partial charge in [-0.15, -0.1) is 0 Å². The Kier molecular flexibility index (Phi) is 5.14. The monoisotopic (exact) mass is 450 g/mol. The van der Waals surface area contributed by atoms with E-state index in [1.807, 2.05) is 18.2 Å². The number of halogens is 1. The fourth-order valence-electron chi connectivity index (χ4n) is 4.42. The highest BCUT2D eigenvalue weighted by atomic mass is 35.5. The number of aliphatic hydroxyl groups is 4. The Morgan fingerprint density at radius 2 is 1.74 bits per heavy atom. The summed E-state index contributed by atoms with van der Waals surface area (Å²) in [4.78, 5) is 0. The van der Waals surface area contributed by atoms with E-state index in [2.05, 4.69) is 0 Å². The molecule has 3 heterocycles. The Balaban J connectivity index is 1.49. The van der Waals surface area contributed by atoms with E-state index in [4.69, 9.17) is 30.5 Å². The molecule has 2 aromatic carbocycles. The Hall–Kier alpha value is -1.91. The first-order chi connectivity index (χ1) is 14.9. The minimum atomic E-state index is -1.73. The van der Waals surface area contributed by atoms with Crippen LogP contribution in [0.25, 0.3) is 0 Å². The molecule has 0 spiro atoms. The van der Waals surface area contributed by atoms with Gasteiger partial charge in [-0.05, 0) is 41.8 Å². The van der Waals surface area contributed by atoms with Gasteiger partial charge in [0.2, 0.25) is 5.79 Å². The summed E-state index contributed by atoms with van der Waals surface area (Å²) >= 11 is 6.44. The molecule has 3 aliphatic heterocycles. The maximum atomic E-state index is 10.7. The molecule has 8 nitrogen and oxygen atoms in total. The zero-order valence-electron chi connectivity index (χ0n) is 16.5. The molecule has 0 amide bonds. The third kappa shape index (κ3) is 3.22. The Morgan fingerprint density at radius 3 is 2.52 bits per heavy atom. The van der Waals surface area contributed by atoms with Crippen molar-refractivity contribution < 1.29 is 39.4 Å². The van der Waals surface area contributed by atoms with Gasteiger partial charge in [-0.1, -0.05) is 23.7 Å².